The molecule has 17 heavy (non-hydrogen) atoms. The number of para-hydroxylation sites is 2. The molecule has 0 saturated heterocycles. The molecule has 2 aromatic rings. The summed E-state index contributed by atoms with van der Waals surface area (Å²) < 4.78 is 4.97. The molecule has 1 aromatic heterocycles. The Morgan fingerprint density at radius 2 is 2.18 bits per heavy atom. The van der Waals surface area contributed by atoms with E-state index in [1.165, 1.54) is 0 Å². The van der Waals surface area contributed by atoms with Gasteiger partial charge in [-0.1, -0.05) is 12.1 Å². The molecule has 0 atom stereocenters. The lowest BCUT2D eigenvalue weighted by Crippen LogP contribution is -2.20. The third-order valence-corrected chi connectivity index (χ3v) is 2.69. The fourth-order valence-corrected chi connectivity index (χ4v) is 1.80. The molecular formula is C13H19N3O. The molecule has 0 spiro atoms. The Bertz CT molecular complexity index is 420. The molecule has 4 heteroatoms. The van der Waals surface area contributed by atoms with Crippen LogP contribution in [0.5, 0.6) is 0 Å². The highest BCUT2D eigenvalue weighted by Gasteiger charge is 2.00. The average molecular weight is 233 g/mol. The Balaban J connectivity index is 1.75. The van der Waals surface area contributed by atoms with Gasteiger partial charge >= 0.3 is 0 Å². The Morgan fingerprint density at radius 1 is 1.29 bits per heavy atom. The molecule has 0 radical (unpaired) electrons. The molecule has 92 valence electrons. The second-order valence-electron chi connectivity index (χ2n) is 4.05. The van der Waals surface area contributed by atoms with E-state index in [4.69, 9.17) is 4.74 Å². The van der Waals surface area contributed by atoms with Crippen molar-refractivity contribution in [3.63, 3.8) is 0 Å². The smallest absolute Gasteiger partial charge is 0.107 e. The number of imidazole rings is 1. The first-order valence-electron chi connectivity index (χ1n) is 6.03. The van der Waals surface area contributed by atoms with E-state index < -0.39 is 0 Å². The molecule has 0 unspecified atom stereocenters. The number of hydrogen-bond donors (Lipinski definition) is 2. The van der Waals surface area contributed by atoms with Crippen molar-refractivity contribution in [2.45, 2.75) is 12.8 Å². The third-order valence-electron chi connectivity index (χ3n) is 2.69. The molecule has 0 aliphatic carbocycles. The summed E-state index contributed by atoms with van der Waals surface area (Å²) in [6.07, 6.45) is 2.07. The van der Waals surface area contributed by atoms with Gasteiger partial charge in [0.25, 0.3) is 0 Å². The van der Waals surface area contributed by atoms with Gasteiger partial charge in [0.2, 0.25) is 0 Å². The number of benzene rings is 1. The summed E-state index contributed by atoms with van der Waals surface area (Å²) in [4.78, 5) is 7.87. The first-order chi connectivity index (χ1) is 8.40. The summed E-state index contributed by atoms with van der Waals surface area (Å²) in [5.41, 5.74) is 2.17. The highest BCUT2D eigenvalue weighted by atomic mass is 16.5. The molecule has 0 aliphatic heterocycles. The summed E-state index contributed by atoms with van der Waals surface area (Å²) in [6.45, 7) is 2.68. The van der Waals surface area contributed by atoms with Crippen molar-refractivity contribution >= 4 is 11.0 Å². The van der Waals surface area contributed by atoms with Crippen molar-refractivity contribution in [2.75, 3.05) is 26.8 Å². The summed E-state index contributed by atoms with van der Waals surface area (Å²) in [7, 11) is 1.72. The molecule has 2 rings (SSSR count). The molecular weight excluding hydrogens is 214 g/mol. The van der Waals surface area contributed by atoms with Crippen LogP contribution >= 0.6 is 0 Å². The van der Waals surface area contributed by atoms with Crippen molar-refractivity contribution in [3.8, 4) is 0 Å². The van der Waals surface area contributed by atoms with E-state index in [2.05, 4.69) is 21.4 Å². The van der Waals surface area contributed by atoms with Crippen LogP contribution < -0.4 is 5.32 Å². The van der Waals surface area contributed by atoms with Crippen LogP contribution in [0.4, 0.5) is 0 Å². The van der Waals surface area contributed by atoms with Crippen molar-refractivity contribution in [1.82, 2.24) is 15.3 Å². The quantitative estimate of drug-likeness (QED) is 0.716. The second-order valence-corrected chi connectivity index (χ2v) is 4.05. The van der Waals surface area contributed by atoms with Crippen molar-refractivity contribution < 1.29 is 4.74 Å². The monoisotopic (exact) mass is 233 g/mol. The maximum Gasteiger partial charge on any atom is 0.107 e. The summed E-state index contributed by atoms with van der Waals surface area (Å²) >= 11 is 0. The number of methoxy groups -OCH3 is 1. The van der Waals surface area contributed by atoms with Gasteiger partial charge in [0, 0.05) is 20.1 Å². The molecule has 0 amide bonds. The molecule has 0 bridgehead atoms. The molecule has 0 aliphatic rings. The standard InChI is InChI=1S/C13H19N3O/c1-17-10-9-14-8-4-7-13-15-11-5-2-3-6-12(11)16-13/h2-3,5-6,14H,4,7-10H2,1H3,(H,15,16). The highest BCUT2D eigenvalue weighted by molar-refractivity contribution is 5.74. The predicted octanol–water partition coefficient (Wildman–Crippen LogP) is 1.73. The number of hydrogen-bond acceptors (Lipinski definition) is 3. The molecule has 0 fully saturated rings. The number of ether oxygens (including phenoxy) is 1. The number of fused-ring (bicyclic) bond motifs is 1. The Morgan fingerprint density at radius 3 is 3.00 bits per heavy atom. The van der Waals surface area contributed by atoms with Crippen molar-refractivity contribution in [1.29, 1.82) is 0 Å². The lowest BCUT2D eigenvalue weighted by molar-refractivity contribution is 0.199. The van der Waals surface area contributed by atoms with E-state index in [9.17, 15) is 0 Å². The second kappa shape index (κ2) is 6.37. The molecule has 1 heterocycles. The van der Waals surface area contributed by atoms with Gasteiger partial charge < -0.3 is 15.0 Å². The van der Waals surface area contributed by atoms with Crippen LogP contribution in [-0.4, -0.2) is 36.8 Å². The van der Waals surface area contributed by atoms with Crippen LogP contribution in [0, 0.1) is 0 Å². The number of aryl methyl sites for hydroxylation is 1. The molecule has 1 aromatic carbocycles. The SMILES string of the molecule is COCCNCCCc1nc2ccccc2[nH]1. The van der Waals surface area contributed by atoms with Crippen LogP contribution in [0.1, 0.15) is 12.2 Å². The van der Waals surface area contributed by atoms with E-state index in [0.717, 1.165) is 49.4 Å². The Hall–Kier alpha value is -1.39. The number of H-pyrrole nitrogens is 1. The summed E-state index contributed by atoms with van der Waals surface area (Å²) in [5.74, 6) is 1.07. The zero-order valence-electron chi connectivity index (χ0n) is 10.2. The van der Waals surface area contributed by atoms with Gasteiger partial charge in [-0.3, -0.25) is 0 Å². The highest BCUT2D eigenvalue weighted by Crippen LogP contribution is 2.10. The average Bonchev–Trinajstić information content (AvgIpc) is 2.76. The van der Waals surface area contributed by atoms with Gasteiger partial charge in [-0.2, -0.15) is 0 Å². The van der Waals surface area contributed by atoms with E-state index in [0.29, 0.717) is 0 Å². The molecule has 2 N–H and O–H groups in total. The minimum Gasteiger partial charge on any atom is -0.383 e. The van der Waals surface area contributed by atoms with E-state index in [1.54, 1.807) is 7.11 Å². The van der Waals surface area contributed by atoms with Crippen LogP contribution in [0.3, 0.4) is 0 Å². The van der Waals surface area contributed by atoms with Crippen LogP contribution in [0.2, 0.25) is 0 Å². The zero-order valence-corrected chi connectivity index (χ0v) is 10.2. The van der Waals surface area contributed by atoms with Gasteiger partial charge in [-0.15, -0.1) is 0 Å². The van der Waals surface area contributed by atoms with Crippen molar-refractivity contribution in [2.24, 2.45) is 0 Å². The van der Waals surface area contributed by atoms with Crippen LogP contribution in [0.15, 0.2) is 24.3 Å². The topological polar surface area (TPSA) is 49.9 Å². The minimum atomic E-state index is 0.768. The number of nitrogens with zero attached hydrogens (tertiary/aromatic N) is 1. The fourth-order valence-electron chi connectivity index (χ4n) is 1.80. The Labute approximate surface area is 101 Å². The lowest BCUT2D eigenvalue weighted by atomic mass is 10.3. The van der Waals surface area contributed by atoms with Crippen LogP contribution in [-0.2, 0) is 11.2 Å². The van der Waals surface area contributed by atoms with E-state index in [-0.39, 0.29) is 0 Å². The maximum atomic E-state index is 4.97. The summed E-state index contributed by atoms with van der Waals surface area (Å²) in [5, 5.41) is 3.32. The van der Waals surface area contributed by atoms with Crippen LogP contribution in [0.25, 0.3) is 11.0 Å². The van der Waals surface area contributed by atoms with Gasteiger partial charge in [0.15, 0.2) is 0 Å². The number of nitrogens with one attached hydrogen (secondary N) is 2. The van der Waals surface area contributed by atoms with Gasteiger partial charge in [-0.05, 0) is 25.1 Å². The first-order valence-corrected chi connectivity index (χ1v) is 6.03. The Kier molecular flexibility index (Phi) is 4.53. The lowest BCUT2D eigenvalue weighted by Gasteiger charge is -2.02. The number of rotatable bonds is 7. The maximum absolute atomic E-state index is 4.97. The van der Waals surface area contributed by atoms with E-state index >= 15 is 0 Å². The summed E-state index contributed by atoms with van der Waals surface area (Å²) in [6, 6.07) is 8.13. The van der Waals surface area contributed by atoms with Crippen molar-refractivity contribution in [3.05, 3.63) is 30.1 Å². The molecule has 0 saturated carbocycles. The van der Waals surface area contributed by atoms with Gasteiger partial charge in [-0.25, -0.2) is 4.98 Å². The number of aromatic amines is 1. The van der Waals surface area contributed by atoms with E-state index in [1.807, 2.05) is 18.2 Å². The minimum absolute atomic E-state index is 0.768. The third kappa shape index (κ3) is 3.54. The largest absolute Gasteiger partial charge is 0.383 e. The normalized spacial score (nSPS) is 11.1. The fraction of sp³-hybridized carbons (Fsp3) is 0.462. The number of aromatic nitrogens is 2. The van der Waals surface area contributed by atoms with Gasteiger partial charge in [0.1, 0.15) is 5.82 Å². The predicted molar refractivity (Wildman–Crippen MR) is 69.2 cm³/mol. The zero-order chi connectivity index (χ0) is 11.9. The molecule has 4 nitrogen and oxygen atoms in total. The van der Waals surface area contributed by atoms with Gasteiger partial charge in [0.05, 0.1) is 17.6 Å². The first kappa shape index (κ1) is 12.1.